The smallest absolute Gasteiger partial charge is 0.251 e. The van der Waals surface area contributed by atoms with Crippen LogP contribution in [0.4, 0.5) is 4.39 Å². The second-order valence-electron chi connectivity index (χ2n) is 6.03. The lowest BCUT2D eigenvalue weighted by molar-refractivity contribution is 0.330. The van der Waals surface area contributed by atoms with Gasteiger partial charge in [-0.1, -0.05) is 24.3 Å². The number of nitrogens with one attached hydrogen (secondary N) is 1. The van der Waals surface area contributed by atoms with Crippen molar-refractivity contribution in [1.29, 1.82) is 0 Å². The normalized spacial score (nSPS) is 16.0. The number of benzene rings is 1. The van der Waals surface area contributed by atoms with E-state index in [1.54, 1.807) is 22.8 Å². The van der Waals surface area contributed by atoms with Crippen molar-refractivity contribution in [1.82, 2.24) is 9.88 Å². The van der Waals surface area contributed by atoms with Gasteiger partial charge < -0.3 is 9.88 Å². The van der Waals surface area contributed by atoms with Gasteiger partial charge in [0, 0.05) is 18.8 Å². The van der Waals surface area contributed by atoms with Crippen molar-refractivity contribution in [2.45, 2.75) is 19.4 Å². The molecule has 4 heteroatoms. The van der Waals surface area contributed by atoms with Crippen molar-refractivity contribution in [2.24, 2.45) is 5.92 Å². The van der Waals surface area contributed by atoms with Gasteiger partial charge in [0.05, 0.1) is 0 Å². The van der Waals surface area contributed by atoms with Gasteiger partial charge in [-0.05, 0) is 61.2 Å². The van der Waals surface area contributed by atoms with E-state index in [4.69, 9.17) is 0 Å². The molecule has 1 aromatic heterocycles. The number of hydrogen-bond donors (Lipinski definition) is 1. The van der Waals surface area contributed by atoms with Gasteiger partial charge in [-0.3, -0.25) is 4.79 Å². The predicted molar refractivity (Wildman–Crippen MR) is 91.6 cm³/mol. The second kappa shape index (κ2) is 7.38. The number of pyridine rings is 1. The molecule has 0 aliphatic carbocycles. The van der Waals surface area contributed by atoms with Gasteiger partial charge in [0.15, 0.2) is 0 Å². The standard InChI is InChI=1S/C19H21FN2O/c20-18-5-3-15(4-6-18)1-2-16-9-12-22(19(23)13-16)14-17-7-10-21-11-8-17/h1-6,9,12-13,17,21H,7-8,10-11,14H2/b2-1+. The van der Waals surface area contributed by atoms with Crippen LogP contribution in [0.2, 0.25) is 0 Å². The highest BCUT2D eigenvalue weighted by Crippen LogP contribution is 2.14. The number of hydrogen-bond acceptors (Lipinski definition) is 2. The van der Waals surface area contributed by atoms with E-state index in [2.05, 4.69) is 5.32 Å². The molecule has 1 fully saturated rings. The van der Waals surface area contributed by atoms with Crippen LogP contribution in [0, 0.1) is 11.7 Å². The van der Waals surface area contributed by atoms with Gasteiger partial charge >= 0.3 is 0 Å². The Kier molecular flexibility index (Phi) is 5.03. The minimum Gasteiger partial charge on any atom is -0.317 e. The highest BCUT2D eigenvalue weighted by Gasteiger charge is 2.13. The monoisotopic (exact) mass is 312 g/mol. The molecular formula is C19H21FN2O. The molecule has 2 heterocycles. The quantitative estimate of drug-likeness (QED) is 0.941. The van der Waals surface area contributed by atoms with E-state index in [1.165, 1.54) is 12.1 Å². The predicted octanol–water partition coefficient (Wildman–Crippen LogP) is 3.16. The fourth-order valence-corrected chi connectivity index (χ4v) is 2.89. The molecule has 0 spiro atoms. The van der Waals surface area contributed by atoms with Crippen LogP contribution < -0.4 is 10.9 Å². The maximum atomic E-state index is 12.9. The fraction of sp³-hybridized carbons (Fsp3) is 0.316. The molecule has 1 aliphatic heterocycles. The summed E-state index contributed by atoms with van der Waals surface area (Å²) in [5, 5.41) is 3.34. The van der Waals surface area contributed by atoms with Crippen LogP contribution in [0.1, 0.15) is 24.0 Å². The molecule has 1 saturated heterocycles. The van der Waals surface area contributed by atoms with Gasteiger partial charge in [0.1, 0.15) is 5.82 Å². The molecule has 0 bridgehead atoms. The summed E-state index contributed by atoms with van der Waals surface area (Å²) in [5.41, 5.74) is 1.80. The summed E-state index contributed by atoms with van der Waals surface area (Å²) in [6.07, 6.45) is 7.88. The molecule has 0 radical (unpaired) electrons. The van der Waals surface area contributed by atoms with Gasteiger partial charge in [-0.2, -0.15) is 0 Å². The summed E-state index contributed by atoms with van der Waals surface area (Å²) in [6, 6.07) is 9.88. The molecule has 1 aromatic carbocycles. The fourth-order valence-electron chi connectivity index (χ4n) is 2.89. The van der Waals surface area contributed by atoms with Crippen LogP contribution in [0.15, 0.2) is 47.4 Å². The van der Waals surface area contributed by atoms with E-state index in [9.17, 15) is 9.18 Å². The van der Waals surface area contributed by atoms with E-state index in [-0.39, 0.29) is 11.4 Å². The Morgan fingerprint density at radius 3 is 2.48 bits per heavy atom. The highest BCUT2D eigenvalue weighted by molar-refractivity contribution is 5.69. The summed E-state index contributed by atoms with van der Waals surface area (Å²) in [6.45, 7) is 2.87. The average molecular weight is 312 g/mol. The van der Waals surface area contributed by atoms with E-state index < -0.39 is 0 Å². The van der Waals surface area contributed by atoms with Gasteiger partial charge in [0.2, 0.25) is 0 Å². The van der Waals surface area contributed by atoms with Crippen LogP contribution in [-0.4, -0.2) is 17.7 Å². The lowest BCUT2D eigenvalue weighted by atomic mass is 9.98. The van der Waals surface area contributed by atoms with Gasteiger partial charge in [0.25, 0.3) is 5.56 Å². The lowest BCUT2D eigenvalue weighted by Gasteiger charge is -2.23. The maximum Gasteiger partial charge on any atom is 0.251 e. The summed E-state index contributed by atoms with van der Waals surface area (Å²) in [7, 11) is 0. The topological polar surface area (TPSA) is 34.0 Å². The number of aromatic nitrogens is 1. The number of halogens is 1. The zero-order valence-corrected chi connectivity index (χ0v) is 13.0. The average Bonchev–Trinajstić information content (AvgIpc) is 2.57. The largest absolute Gasteiger partial charge is 0.317 e. The molecule has 3 rings (SSSR count). The lowest BCUT2D eigenvalue weighted by Crippen LogP contribution is -2.32. The first kappa shape index (κ1) is 15.7. The van der Waals surface area contributed by atoms with Gasteiger partial charge in [-0.15, -0.1) is 0 Å². The zero-order valence-electron chi connectivity index (χ0n) is 13.0. The second-order valence-corrected chi connectivity index (χ2v) is 6.03. The maximum absolute atomic E-state index is 12.9. The molecular weight excluding hydrogens is 291 g/mol. The van der Waals surface area contributed by atoms with E-state index >= 15 is 0 Å². The Morgan fingerprint density at radius 1 is 1.09 bits per heavy atom. The van der Waals surface area contributed by atoms with E-state index in [0.29, 0.717) is 5.92 Å². The Balaban J connectivity index is 1.68. The summed E-state index contributed by atoms with van der Waals surface area (Å²) >= 11 is 0. The Bertz CT molecular complexity index is 728. The van der Waals surface area contributed by atoms with Crippen LogP contribution in [0.5, 0.6) is 0 Å². The van der Waals surface area contributed by atoms with Crippen molar-refractivity contribution in [2.75, 3.05) is 13.1 Å². The Hall–Kier alpha value is -2.20. The van der Waals surface area contributed by atoms with Crippen molar-refractivity contribution in [3.05, 3.63) is 69.9 Å². The molecule has 3 nitrogen and oxygen atoms in total. The Morgan fingerprint density at radius 2 is 1.78 bits per heavy atom. The molecule has 2 aromatic rings. The van der Waals surface area contributed by atoms with Crippen LogP contribution >= 0.6 is 0 Å². The third-order valence-electron chi connectivity index (χ3n) is 4.27. The van der Waals surface area contributed by atoms with Crippen LogP contribution in [-0.2, 0) is 6.54 Å². The van der Waals surface area contributed by atoms with Crippen molar-refractivity contribution < 1.29 is 4.39 Å². The number of piperidine rings is 1. The Labute approximate surface area is 135 Å². The molecule has 120 valence electrons. The molecule has 0 amide bonds. The SMILES string of the molecule is O=c1cc(/C=C/c2ccc(F)cc2)ccn1CC1CCNCC1. The van der Waals surface area contributed by atoms with E-state index in [0.717, 1.165) is 43.6 Å². The zero-order chi connectivity index (χ0) is 16.1. The molecule has 1 N–H and O–H groups in total. The molecule has 0 unspecified atom stereocenters. The van der Waals surface area contributed by atoms with Crippen molar-refractivity contribution >= 4 is 12.2 Å². The third kappa shape index (κ3) is 4.39. The summed E-state index contributed by atoms with van der Waals surface area (Å²) < 4.78 is 14.7. The minimum atomic E-state index is -0.248. The third-order valence-corrected chi connectivity index (χ3v) is 4.27. The molecule has 1 aliphatic rings. The van der Waals surface area contributed by atoms with Crippen molar-refractivity contribution in [3.63, 3.8) is 0 Å². The summed E-state index contributed by atoms with van der Waals surface area (Å²) in [4.78, 5) is 12.2. The molecule has 0 saturated carbocycles. The number of nitrogens with zero attached hydrogens (tertiary/aromatic N) is 1. The first-order valence-electron chi connectivity index (χ1n) is 8.05. The highest BCUT2D eigenvalue weighted by atomic mass is 19.1. The van der Waals surface area contributed by atoms with Crippen molar-refractivity contribution in [3.8, 4) is 0 Å². The first-order valence-corrected chi connectivity index (χ1v) is 8.05. The molecule has 23 heavy (non-hydrogen) atoms. The molecule has 0 atom stereocenters. The summed E-state index contributed by atoms with van der Waals surface area (Å²) in [5.74, 6) is 0.331. The number of rotatable bonds is 4. The first-order chi connectivity index (χ1) is 11.2. The van der Waals surface area contributed by atoms with Crippen LogP contribution in [0.25, 0.3) is 12.2 Å². The van der Waals surface area contributed by atoms with Gasteiger partial charge in [-0.25, -0.2) is 4.39 Å². The van der Waals surface area contributed by atoms with E-state index in [1.807, 2.05) is 24.4 Å². The minimum absolute atomic E-state index is 0.0322. The van der Waals surface area contributed by atoms with Crippen LogP contribution in [0.3, 0.4) is 0 Å².